The summed E-state index contributed by atoms with van der Waals surface area (Å²) in [5, 5.41) is 3.42. The first-order valence-electron chi connectivity index (χ1n) is 6.64. The van der Waals surface area contributed by atoms with Crippen molar-refractivity contribution in [3.05, 3.63) is 40.4 Å². The maximum absolute atomic E-state index is 11.9. The van der Waals surface area contributed by atoms with E-state index in [0.717, 1.165) is 0 Å². The minimum absolute atomic E-state index is 0.0133. The molecule has 5 heteroatoms. The lowest BCUT2D eigenvalue weighted by atomic mass is 9.96. The zero-order valence-electron chi connectivity index (χ0n) is 12.0. The Morgan fingerprint density at radius 3 is 2.70 bits per heavy atom. The number of rotatable bonds is 3. The maximum atomic E-state index is 11.9. The fourth-order valence-corrected chi connectivity index (χ4v) is 1.81. The van der Waals surface area contributed by atoms with Gasteiger partial charge in [-0.05, 0) is 12.1 Å². The third kappa shape index (κ3) is 3.23. The number of aromatic amines is 1. The molecule has 0 aliphatic rings. The molecule has 1 aromatic heterocycles. The van der Waals surface area contributed by atoms with Crippen molar-refractivity contribution < 1.29 is 4.79 Å². The summed E-state index contributed by atoms with van der Waals surface area (Å²) in [5.41, 5.74) is 0.116. The first-order chi connectivity index (χ1) is 9.38. The average molecular weight is 273 g/mol. The normalized spacial score (nSPS) is 11.6. The molecular formula is C15H19N3O2. The SMILES string of the molecule is CC(C)(C)C(=O)NCCc1nc2ccccc2c(=O)[nH]1. The first-order valence-corrected chi connectivity index (χ1v) is 6.64. The largest absolute Gasteiger partial charge is 0.355 e. The van der Waals surface area contributed by atoms with E-state index in [1.807, 2.05) is 39.0 Å². The quantitative estimate of drug-likeness (QED) is 0.892. The molecule has 0 aliphatic carbocycles. The fourth-order valence-electron chi connectivity index (χ4n) is 1.81. The van der Waals surface area contributed by atoms with E-state index in [1.54, 1.807) is 6.07 Å². The van der Waals surface area contributed by atoms with Crippen molar-refractivity contribution in [2.75, 3.05) is 6.54 Å². The Morgan fingerprint density at radius 1 is 1.30 bits per heavy atom. The molecule has 0 unspecified atom stereocenters. The van der Waals surface area contributed by atoms with E-state index in [2.05, 4.69) is 15.3 Å². The second kappa shape index (κ2) is 5.45. The number of carbonyl (C=O) groups excluding carboxylic acids is 1. The third-order valence-electron chi connectivity index (χ3n) is 2.99. The van der Waals surface area contributed by atoms with E-state index >= 15 is 0 Å². The van der Waals surface area contributed by atoms with E-state index in [1.165, 1.54) is 0 Å². The third-order valence-corrected chi connectivity index (χ3v) is 2.99. The summed E-state index contributed by atoms with van der Waals surface area (Å²) in [7, 11) is 0. The molecule has 0 fully saturated rings. The number of carbonyl (C=O) groups is 1. The van der Waals surface area contributed by atoms with Crippen LogP contribution < -0.4 is 10.9 Å². The van der Waals surface area contributed by atoms with Gasteiger partial charge in [-0.15, -0.1) is 0 Å². The molecule has 2 rings (SSSR count). The van der Waals surface area contributed by atoms with Gasteiger partial charge in [-0.1, -0.05) is 32.9 Å². The molecule has 0 spiro atoms. The topological polar surface area (TPSA) is 74.8 Å². The Balaban J connectivity index is 2.08. The lowest BCUT2D eigenvalue weighted by Gasteiger charge is -2.17. The maximum Gasteiger partial charge on any atom is 0.258 e. The van der Waals surface area contributed by atoms with Gasteiger partial charge in [0, 0.05) is 18.4 Å². The van der Waals surface area contributed by atoms with Gasteiger partial charge < -0.3 is 10.3 Å². The standard InChI is InChI=1S/C15H19N3O2/c1-15(2,3)14(20)16-9-8-12-17-11-7-5-4-6-10(11)13(19)18-12/h4-7H,8-9H2,1-3H3,(H,16,20)(H,17,18,19). The van der Waals surface area contributed by atoms with E-state index < -0.39 is 5.41 Å². The van der Waals surface area contributed by atoms with Crippen molar-refractivity contribution in [1.82, 2.24) is 15.3 Å². The van der Waals surface area contributed by atoms with Gasteiger partial charge in [-0.25, -0.2) is 4.98 Å². The van der Waals surface area contributed by atoms with Crippen LogP contribution in [0.15, 0.2) is 29.1 Å². The van der Waals surface area contributed by atoms with Gasteiger partial charge in [0.25, 0.3) is 5.56 Å². The monoisotopic (exact) mass is 273 g/mol. The van der Waals surface area contributed by atoms with Gasteiger partial charge in [-0.3, -0.25) is 9.59 Å². The van der Waals surface area contributed by atoms with Crippen LogP contribution in [0.25, 0.3) is 10.9 Å². The number of hydrogen-bond acceptors (Lipinski definition) is 3. The summed E-state index contributed by atoms with van der Waals surface area (Å²) < 4.78 is 0. The Kier molecular flexibility index (Phi) is 3.88. The highest BCUT2D eigenvalue weighted by molar-refractivity contribution is 5.81. The predicted molar refractivity (Wildman–Crippen MR) is 78.5 cm³/mol. The lowest BCUT2D eigenvalue weighted by molar-refractivity contribution is -0.128. The van der Waals surface area contributed by atoms with Crippen molar-refractivity contribution in [2.24, 2.45) is 5.41 Å². The molecular weight excluding hydrogens is 254 g/mol. The van der Waals surface area contributed by atoms with Crippen molar-refractivity contribution in [2.45, 2.75) is 27.2 Å². The molecule has 0 bridgehead atoms. The van der Waals surface area contributed by atoms with Crippen molar-refractivity contribution >= 4 is 16.8 Å². The summed E-state index contributed by atoms with van der Waals surface area (Å²) in [4.78, 5) is 30.7. The van der Waals surface area contributed by atoms with Crippen LogP contribution in [0.3, 0.4) is 0 Å². The van der Waals surface area contributed by atoms with Gasteiger partial charge in [0.2, 0.25) is 5.91 Å². The number of nitrogens with zero attached hydrogens (tertiary/aromatic N) is 1. The van der Waals surface area contributed by atoms with Crippen LogP contribution >= 0.6 is 0 Å². The van der Waals surface area contributed by atoms with E-state index in [0.29, 0.717) is 29.7 Å². The second-order valence-corrected chi connectivity index (χ2v) is 5.79. The molecule has 0 saturated carbocycles. The summed E-state index contributed by atoms with van der Waals surface area (Å²) in [6, 6.07) is 7.20. The predicted octanol–water partition coefficient (Wildman–Crippen LogP) is 1.63. The van der Waals surface area contributed by atoms with Gasteiger partial charge in [0.15, 0.2) is 0 Å². The molecule has 1 amide bonds. The molecule has 20 heavy (non-hydrogen) atoms. The number of fused-ring (bicyclic) bond motifs is 1. The fraction of sp³-hybridized carbons (Fsp3) is 0.400. The van der Waals surface area contributed by atoms with Gasteiger partial charge in [0.05, 0.1) is 10.9 Å². The zero-order chi connectivity index (χ0) is 14.8. The number of aromatic nitrogens is 2. The minimum Gasteiger partial charge on any atom is -0.355 e. The van der Waals surface area contributed by atoms with Crippen LogP contribution in [0.1, 0.15) is 26.6 Å². The van der Waals surface area contributed by atoms with Crippen molar-refractivity contribution in [1.29, 1.82) is 0 Å². The van der Waals surface area contributed by atoms with Crippen LogP contribution in [0.5, 0.6) is 0 Å². The summed E-state index contributed by atoms with van der Waals surface area (Å²) >= 11 is 0. The van der Waals surface area contributed by atoms with E-state index in [-0.39, 0.29) is 11.5 Å². The van der Waals surface area contributed by atoms with E-state index in [4.69, 9.17) is 0 Å². The highest BCUT2D eigenvalue weighted by Gasteiger charge is 2.20. The number of para-hydroxylation sites is 1. The van der Waals surface area contributed by atoms with Crippen LogP contribution in [-0.4, -0.2) is 22.4 Å². The summed E-state index contributed by atoms with van der Waals surface area (Å²) in [6.07, 6.45) is 0.502. The summed E-state index contributed by atoms with van der Waals surface area (Å²) in [5.74, 6) is 0.573. The molecule has 106 valence electrons. The molecule has 0 atom stereocenters. The smallest absolute Gasteiger partial charge is 0.258 e. The Morgan fingerprint density at radius 2 is 2.00 bits per heavy atom. The first kappa shape index (κ1) is 14.2. The average Bonchev–Trinajstić information content (AvgIpc) is 2.37. The number of H-pyrrole nitrogens is 1. The Bertz CT molecular complexity index is 683. The minimum atomic E-state index is -0.412. The van der Waals surface area contributed by atoms with Gasteiger partial charge in [0.1, 0.15) is 5.82 Å². The van der Waals surface area contributed by atoms with Crippen LogP contribution in [-0.2, 0) is 11.2 Å². The molecule has 0 aliphatic heterocycles. The highest BCUT2D eigenvalue weighted by atomic mass is 16.2. The van der Waals surface area contributed by atoms with Crippen LogP contribution in [0.2, 0.25) is 0 Å². The molecule has 2 aromatic rings. The molecule has 0 radical (unpaired) electrons. The second-order valence-electron chi connectivity index (χ2n) is 5.79. The number of amides is 1. The van der Waals surface area contributed by atoms with E-state index in [9.17, 15) is 9.59 Å². The van der Waals surface area contributed by atoms with Crippen molar-refractivity contribution in [3.63, 3.8) is 0 Å². The lowest BCUT2D eigenvalue weighted by Crippen LogP contribution is -2.36. The zero-order valence-corrected chi connectivity index (χ0v) is 12.0. The number of benzene rings is 1. The van der Waals surface area contributed by atoms with Crippen molar-refractivity contribution in [3.8, 4) is 0 Å². The Labute approximate surface area is 117 Å². The molecule has 2 N–H and O–H groups in total. The highest BCUT2D eigenvalue weighted by Crippen LogP contribution is 2.12. The number of hydrogen-bond donors (Lipinski definition) is 2. The van der Waals surface area contributed by atoms with Crippen LogP contribution in [0.4, 0.5) is 0 Å². The molecule has 0 saturated heterocycles. The number of nitrogens with one attached hydrogen (secondary N) is 2. The van der Waals surface area contributed by atoms with Gasteiger partial charge >= 0.3 is 0 Å². The summed E-state index contributed by atoms with van der Waals surface area (Å²) in [6.45, 7) is 6.03. The van der Waals surface area contributed by atoms with Crippen LogP contribution in [0, 0.1) is 5.41 Å². The molecule has 5 nitrogen and oxygen atoms in total. The molecule has 1 heterocycles. The Hall–Kier alpha value is -2.17. The molecule has 1 aromatic carbocycles. The van der Waals surface area contributed by atoms with Gasteiger partial charge in [-0.2, -0.15) is 0 Å².